The fourth-order valence-electron chi connectivity index (χ4n) is 3.23. The third kappa shape index (κ3) is 4.34. The number of alkyl halides is 4. The molecular weight excluding hydrogens is 402 g/mol. The van der Waals surface area contributed by atoms with Crippen LogP contribution in [0.2, 0.25) is 0 Å². The molecule has 0 spiro atoms. The van der Waals surface area contributed by atoms with Gasteiger partial charge in [0.2, 0.25) is 5.88 Å². The van der Waals surface area contributed by atoms with Crippen molar-refractivity contribution in [2.45, 2.75) is 25.2 Å². The smallest absolute Gasteiger partial charge is 0.417 e. The third-order valence-electron chi connectivity index (χ3n) is 4.88. The van der Waals surface area contributed by atoms with Crippen LogP contribution in [0.1, 0.15) is 28.9 Å². The van der Waals surface area contributed by atoms with E-state index in [0.717, 1.165) is 12.1 Å². The van der Waals surface area contributed by atoms with Gasteiger partial charge in [0.1, 0.15) is 17.6 Å². The van der Waals surface area contributed by atoms with E-state index in [4.69, 9.17) is 4.74 Å². The maximum atomic E-state index is 13.3. The maximum Gasteiger partial charge on any atom is 0.417 e. The van der Waals surface area contributed by atoms with Gasteiger partial charge in [-0.1, -0.05) is 6.07 Å². The monoisotopic (exact) mass is 419 g/mol. The van der Waals surface area contributed by atoms with Crippen LogP contribution in [0.15, 0.2) is 48.7 Å². The molecule has 1 aliphatic heterocycles. The number of ether oxygens (including phenoxy) is 1. The molecule has 3 aromatic rings. The second-order valence-electron chi connectivity index (χ2n) is 7.00. The Hall–Kier alpha value is -3.23. The van der Waals surface area contributed by atoms with Gasteiger partial charge in [0.25, 0.3) is 5.91 Å². The summed E-state index contributed by atoms with van der Waals surface area (Å²) in [6.45, 7) is 0.735. The van der Waals surface area contributed by atoms with Gasteiger partial charge in [-0.3, -0.25) is 4.79 Å². The van der Waals surface area contributed by atoms with Gasteiger partial charge in [-0.2, -0.15) is 13.2 Å². The molecule has 1 saturated heterocycles. The quantitative estimate of drug-likeness (QED) is 0.560. The fraction of sp³-hybridized carbons (Fsp3) is 0.286. The molecule has 0 radical (unpaired) electrons. The van der Waals surface area contributed by atoms with Crippen molar-refractivity contribution in [2.75, 3.05) is 13.1 Å². The van der Waals surface area contributed by atoms with Gasteiger partial charge in [0.15, 0.2) is 0 Å². The van der Waals surface area contributed by atoms with Gasteiger partial charge in [-0.25, -0.2) is 14.4 Å². The lowest BCUT2D eigenvalue weighted by atomic mass is 10.1. The molecule has 1 amide bonds. The molecule has 2 aromatic heterocycles. The Morgan fingerprint density at radius 2 is 1.83 bits per heavy atom. The van der Waals surface area contributed by atoms with E-state index in [1.54, 1.807) is 35.2 Å². The van der Waals surface area contributed by atoms with Crippen LogP contribution >= 0.6 is 0 Å². The summed E-state index contributed by atoms with van der Waals surface area (Å²) >= 11 is 0. The normalized spacial score (nSPS) is 15.4. The Labute approximate surface area is 169 Å². The van der Waals surface area contributed by atoms with Crippen LogP contribution in [0.5, 0.6) is 11.6 Å². The summed E-state index contributed by atoms with van der Waals surface area (Å²) in [6.07, 6.45) is -3.95. The second-order valence-corrected chi connectivity index (χ2v) is 7.00. The highest BCUT2D eigenvalue weighted by atomic mass is 19.4. The maximum absolute atomic E-state index is 13.3. The zero-order valence-corrected chi connectivity index (χ0v) is 15.7. The number of rotatable bonds is 3. The lowest BCUT2D eigenvalue weighted by molar-refractivity contribution is -0.137. The lowest BCUT2D eigenvalue weighted by Gasteiger charge is -2.28. The Morgan fingerprint density at radius 1 is 1.07 bits per heavy atom. The number of piperidine rings is 1. The zero-order chi connectivity index (χ0) is 21.3. The molecule has 0 unspecified atom stereocenters. The molecular formula is C21H17F4N3O2. The van der Waals surface area contributed by atoms with Gasteiger partial charge in [-0.15, -0.1) is 0 Å². The molecule has 5 nitrogen and oxygen atoms in total. The number of nitrogens with zero attached hydrogens (tertiary/aromatic N) is 3. The van der Waals surface area contributed by atoms with Gasteiger partial charge < -0.3 is 9.64 Å². The van der Waals surface area contributed by atoms with E-state index in [2.05, 4.69) is 9.97 Å². The minimum Gasteiger partial charge on any atom is -0.439 e. The van der Waals surface area contributed by atoms with Gasteiger partial charge in [-0.05, 0) is 43.2 Å². The number of carbonyl (C=O) groups excluding carboxylic acids is 1. The van der Waals surface area contributed by atoms with Crippen molar-refractivity contribution in [2.24, 2.45) is 0 Å². The third-order valence-corrected chi connectivity index (χ3v) is 4.88. The van der Waals surface area contributed by atoms with Crippen LogP contribution in [0.3, 0.4) is 0 Å². The zero-order valence-electron chi connectivity index (χ0n) is 15.7. The summed E-state index contributed by atoms with van der Waals surface area (Å²) in [7, 11) is 0. The Kier molecular flexibility index (Phi) is 5.27. The molecule has 0 saturated carbocycles. The largest absolute Gasteiger partial charge is 0.439 e. The van der Waals surface area contributed by atoms with Crippen LogP contribution in [0.4, 0.5) is 17.6 Å². The molecule has 1 aromatic carbocycles. The molecule has 0 aliphatic carbocycles. The first-order valence-corrected chi connectivity index (χ1v) is 9.35. The van der Waals surface area contributed by atoms with Crippen LogP contribution in [0.25, 0.3) is 10.9 Å². The molecule has 0 atom stereocenters. The van der Waals surface area contributed by atoms with Crippen molar-refractivity contribution in [3.63, 3.8) is 0 Å². The molecule has 0 bridgehead atoms. The summed E-state index contributed by atoms with van der Waals surface area (Å²) in [5.74, 6) is 0.164. The minimum atomic E-state index is -4.46. The van der Waals surface area contributed by atoms with Gasteiger partial charge in [0.05, 0.1) is 11.1 Å². The number of pyridine rings is 2. The van der Waals surface area contributed by atoms with E-state index >= 15 is 0 Å². The number of likely N-dealkylation sites (tertiary alicyclic amines) is 1. The first kappa shape index (κ1) is 20.1. The Bertz CT molecular complexity index is 1060. The van der Waals surface area contributed by atoms with E-state index < -0.39 is 17.9 Å². The Balaban J connectivity index is 1.50. The molecule has 0 N–H and O–H groups in total. The first-order valence-electron chi connectivity index (χ1n) is 9.35. The summed E-state index contributed by atoms with van der Waals surface area (Å²) in [5, 5.41) is 0.693. The van der Waals surface area contributed by atoms with Crippen molar-refractivity contribution in [3.8, 4) is 11.6 Å². The van der Waals surface area contributed by atoms with Crippen molar-refractivity contribution in [1.29, 1.82) is 0 Å². The van der Waals surface area contributed by atoms with Crippen molar-refractivity contribution in [1.82, 2.24) is 14.9 Å². The average Bonchev–Trinajstić information content (AvgIpc) is 2.73. The summed E-state index contributed by atoms with van der Waals surface area (Å²) < 4.78 is 56.6. The molecule has 9 heteroatoms. The number of aromatic nitrogens is 2. The molecule has 1 fully saturated rings. The number of benzene rings is 1. The highest BCUT2D eigenvalue weighted by Gasteiger charge is 2.30. The standard InChI is InChI=1S/C21H17F4N3O2/c22-15-7-9-28(10-8-15)20(29)18-4-1-13-11-16(3-5-17(13)27-18)30-19-6-2-14(12-26-19)21(23,24)25/h1-6,11-12,15H,7-10H2. The number of carbonyl (C=O) groups is 1. The van der Waals surface area contributed by atoms with Crippen LogP contribution in [-0.2, 0) is 6.18 Å². The number of hydrogen-bond donors (Lipinski definition) is 0. The predicted molar refractivity (Wildman–Crippen MR) is 101 cm³/mol. The number of hydrogen-bond acceptors (Lipinski definition) is 4. The highest BCUT2D eigenvalue weighted by Crippen LogP contribution is 2.30. The molecule has 3 heterocycles. The van der Waals surface area contributed by atoms with E-state index in [1.807, 2.05) is 0 Å². The summed E-state index contributed by atoms with van der Waals surface area (Å²) in [6, 6.07) is 10.3. The van der Waals surface area contributed by atoms with Crippen molar-refractivity contribution >= 4 is 16.8 Å². The summed E-state index contributed by atoms with van der Waals surface area (Å²) in [4.78, 5) is 22.2. The fourth-order valence-corrected chi connectivity index (χ4v) is 3.23. The van der Waals surface area contributed by atoms with Crippen LogP contribution in [-0.4, -0.2) is 40.0 Å². The number of amides is 1. The van der Waals surface area contributed by atoms with Crippen LogP contribution in [0, 0.1) is 0 Å². The molecule has 4 rings (SSSR count). The predicted octanol–water partition coefficient (Wildman–Crippen LogP) is 5.02. The molecule has 1 aliphatic rings. The lowest BCUT2D eigenvalue weighted by Crippen LogP contribution is -2.39. The van der Waals surface area contributed by atoms with Crippen molar-refractivity contribution in [3.05, 3.63) is 59.9 Å². The molecule has 156 valence electrons. The van der Waals surface area contributed by atoms with Crippen LogP contribution < -0.4 is 4.74 Å². The second kappa shape index (κ2) is 7.89. The van der Waals surface area contributed by atoms with Crippen molar-refractivity contribution < 1.29 is 27.1 Å². The topological polar surface area (TPSA) is 55.3 Å². The van der Waals surface area contributed by atoms with E-state index in [1.165, 1.54) is 0 Å². The van der Waals surface area contributed by atoms with Gasteiger partial charge in [0, 0.05) is 30.7 Å². The van der Waals surface area contributed by atoms with E-state index in [0.29, 0.717) is 48.8 Å². The average molecular weight is 419 g/mol. The number of fused-ring (bicyclic) bond motifs is 1. The highest BCUT2D eigenvalue weighted by molar-refractivity contribution is 5.95. The van der Waals surface area contributed by atoms with E-state index in [9.17, 15) is 22.4 Å². The Morgan fingerprint density at radius 3 is 2.50 bits per heavy atom. The summed E-state index contributed by atoms with van der Waals surface area (Å²) in [5.41, 5.74) is -0.0164. The van der Waals surface area contributed by atoms with Gasteiger partial charge >= 0.3 is 6.18 Å². The minimum absolute atomic E-state index is 0.0263. The first-order chi connectivity index (χ1) is 14.3. The molecule has 30 heavy (non-hydrogen) atoms. The van der Waals surface area contributed by atoms with E-state index in [-0.39, 0.29) is 17.5 Å². The SMILES string of the molecule is O=C(c1ccc2cc(Oc3ccc(C(F)(F)F)cn3)ccc2n1)N1CCC(F)CC1. The number of halogens is 4.